The molecule has 0 radical (unpaired) electrons. The van der Waals surface area contributed by atoms with E-state index >= 15 is 0 Å². The summed E-state index contributed by atoms with van der Waals surface area (Å²) in [5, 5.41) is 1.67. The Bertz CT molecular complexity index is 450. The number of hydrogen-bond acceptors (Lipinski definition) is 3. The maximum absolute atomic E-state index is 11.0. The van der Waals surface area contributed by atoms with E-state index in [1.807, 2.05) is 30.3 Å². The molecule has 0 aliphatic carbocycles. The summed E-state index contributed by atoms with van der Waals surface area (Å²) in [6.07, 6.45) is 0. The molecular weight excluding hydrogens is 196 g/mol. The Morgan fingerprint density at radius 3 is 2.64 bits per heavy atom. The van der Waals surface area contributed by atoms with Crippen molar-refractivity contribution in [1.29, 1.82) is 0 Å². The molecule has 0 bridgehead atoms. The second-order valence-electron chi connectivity index (χ2n) is 2.81. The van der Waals surface area contributed by atoms with Crippen LogP contribution in [-0.4, -0.2) is 10.3 Å². The van der Waals surface area contributed by atoms with Crippen LogP contribution in [0.3, 0.4) is 0 Å². The van der Waals surface area contributed by atoms with Gasteiger partial charge in [-0.2, -0.15) is 4.37 Å². The van der Waals surface area contributed by atoms with Gasteiger partial charge in [0.1, 0.15) is 0 Å². The van der Waals surface area contributed by atoms with Crippen molar-refractivity contribution in [3.05, 3.63) is 41.3 Å². The summed E-state index contributed by atoms with van der Waals surface area (Å²) in [6.45, 7) is 0. The van der Waals surface area contributed by atoms with Gasteiger partial charge in [0.25, 0.3) is 5.91 Å². The molecule has 0 aliphatic heterocycles. The Kier molecular flexibility index (Phi) is 2.28. The van der Waals surface area contributed by atoms with Gasteiger partial charge in [-0.15, -0.1) is 0 Å². The monoisotopic (exact) mass is 204 g/mol. The highest BCUT2D eigenvalue weighted by molar-refractivity contribution is 7.04. The molecule has 0 atom stereocenters. The quantitative estimate of drug-likeness (QED) is 0.812. The average Bonchev–Trinajstić information content (AvgIpc) is 2.67. The van der Waals surface area contributed by atoms with Crippen LogP contribution < -0.4 is 5.73 Å². The summed E-state index contributed by atoms with van der Waals surface area (Å²) in [7, 11) is 0. The van der Waals surface area contributed by atoms with Gasteiger partial charge in [-0.25, -0.2) is 0 Å². The summed E-state index contributed by atoms with van der Waals surface area (Å²) in [4.78, 5) is 11.0. The summed E-state index contributed by atoms with van der Waals surface area (Å²) in [6, 6.07) is 9.53. The minimum Gasteiger partial charge on any atom is -0.366 e. The number of carbonyl (C=O) groups is 1. The van der Waals surface area contributed by atoms with Crippen molar-refractivity contribution in [2.45, 2.75) is 0 Å². The zero-order valence-corrected chi connectivity index (χ0v) is 8.12. The minimum absolute atomic E-state index is 0.433. The van der Waals surface area contributed by atoms with Crippen molar-refractivity contribution in [2.24, 2.45) is 5.73 Å². The second-order valence-corrected chi connectivity index (χ2v) is 3.44. The smallest absolute Gasteiger partial charge is 0.251 e. The van der Waals surface area contributed by atoms with Gasteiger partial charge < -0.3 is 5.73 Å². The average molecular weight is 204 g/mol. The molecule has 0 saturated heterocycles. The summed E-state index contributed by atoms with van der Waals surface area (Å²) in [5.74, 6) is -0.433. The van der Waals surface area contributed by atoms with Crippen LogP contribution in [0.5, 0.6) is 0 Å². The van der Waals surface area contributed by atoms with E-state index in [2.05, 4.69) is 4.37 Å². The molecule has 70 valence electrons. The van der Waals surface area contributed by atoms with E-state index < -0.39 is 5.91 Å². The van der Waals surface area contributed by atoms with Gasteiger partial charge >= 0.3 is 0 Å². The molecule has 2 aromatic rings. The van der Waals surface area contributed by atoms with Crippen LogP contribution in [0.1, 0.15) is 10.4 Å². The fourth-order valence-electron chi connectivity index (χ4n) is 1.22. The maximum Gasteiger partial charge on any atom is 0.251 e. The lowest BCUT2D eigenvalue weighted by atomic mass is 10.1. The van der Waals surface area contributed by atoms with Gasteiger partial charge in [-0.1, -0.05) is 30.3 Å². The molecule has 0 fully saturated rings. The van der Waals surface area contributed by atoms with Crippen molar-refractivity contribution in [2.75, 3.05) is 0 Å². The van der Waals surface area contributed by atoms with Crippen molar-refractivity contribution >= 4 is 17.4 Å². The Balaban J connectivity index is 2.52. The number of aromatic nitrogens is 1. The zero-order valence-electron chi connectivity index (χ0n) is 7.31. The van der Waals surface area contributed by atoms with E-state index in [0.717, 1.165) is 5.56 Å². The molecule has 1 amide bonds. The van der Waals surface area contributed by atoms with Gasteiger partial charge in [-0.05, 0) is 11.5 Å². The first-order chi connectivity index (χ1) is 6.79. The number of carbonyl (C=O) groups excluding carboxylic acids is 1. The van der Waals surface area contributed by atoms with Crippen LogP contribution in [0.25, 0.3) is 11.3 Å². The van der Waals surface area contributed by atoms with Gasteiger partial charge in [-0.3, -0.25) is 4.79 Å². The molecule has 1 aromatic heterocycles. The topological polar surface area (TPSA) is 56.0 Å². The number of primary amides is 1. The lowest BCUT2D eigenvalue weighted by molar-refractivity contribution is 0.100. The molecule has 1 heterocycles. The highest BCUT2D eigenvalue weighted by atomic mass is 32.1. The number of hydrogen-bond donors (Lipinski definition) is 1. The second kappa shape index (κ2) is 3.59. The third kappa shape index (κ3) is 1.52. The number of amides is 1. The van der Waals surface area contributed by atoms with Crippen LogP contribution in [0.4, 0.5) is 0 Å². The predicted octanol–water partition coefficient (Wildman–Crippen LogP) is 1.91. The molecule has 14 heavy (non-hydrogen) atoms. The molecular formula is C10H8N2OS. The Morgan fingerprint density at radius 1 is 1.29 bits per heavy atom. The van der Waals surface area contributed by atoms with Crippen LogP contribution in [0, 0.1) is 0 Å². The normalized spacial score (nSPS) is 10.0. The fraction of sp³-hybridized carbons (Fsp3) is 0. The molecule has 0 unspecified atom stereocenters. The predicted molar refractivity (Wildman–Crippen MR) is 56.1 cm³/mol. The SMILES string of the molecule is NC(=O)c1csnc1-c1ccccc1. The van der Waals surface area contributed by atoms with Crippen molar-refractivity contribution < 1.29 is 4.79 Å². The molecule has 4 heteroatoms. The molecule has 2 rings (SSSR count). The standard InChI is InChI=1S/C10H8N2OS/c11-10(13)8-6-14-12-9(8)7-4-2-1-3-5-7/h1-6H,(H2,11,13). The molecule has 3 nitrogen and oxygen atoms in total. The van der Waals surface area contributed by atoms with E-state index in [0.29, 0.717) is 11.3 Å². The minimum atomic E-state index is -0.433. The Hall–Kier alpha value is -1.68. The maximum atomic E-state index is 11.0. The van der Waals surface area contributed by atoms with Crippen LogP contribution in [-0.2, 0) is 0 Å². The van der Waals surface area contributed by atoms with Crippen LogP contribution in [0.2, 0.25) is 0 Å². The summed E-state index contributed by atoms with van der Waals surface area (Å²) < 4.78 is 4.15. The number of nitrogens with two attached hydrogens (primary N) is 1. The van der Waals surface area contributed by atoms with Crippen LogP contribution >= 0.6 is 11.5 Å². The summed E-state index contributed by atoms with van der Waals surface area (Å²) in [5.41, 5.74) is 7.30. The van der Waals surface area contributed by atoms with Gasteiger partial charge in [0, 0.05) is 10.9 Å². The highest BCUT2D eigenvalue weighted by Gasteiger charge is 2.11. The largest absolute Gasteiger partial charge is 0.366 e. The van der Waals surface area contributed by atoms with E-state index in [9.17, 15) is 4.79 Å². The van der Waals surface area contributed by atoms with Gasteiger partial charge in [0.05, 0.1) is 11.3 Å². The highest BCUT2D eigenvalue weighted by Crippen LogP contribution is 2.22. The zero-order chi connectivity index (χ0) is 9.97. The van der Waals surface area contributed by atoms with Crippen molar-refractivity contribution in [3.8, 4) is 11.3 Å². The molecule has 1 aromatic carbocycles. The lowest BCUT2D eigenvalue weighted by Crippen LogP contribution is -2.10. The molecule has 0 aliphatic rings. The van der Waals surface area contributed by atoms with E-state index in [1.54, 1.807) is 5.38 Å². The molecule has 0 saturated carbocycles. The third-order valence-corrected chi connectivity index (χ3v) is 2.51. The molecule has 0 spiro atoms. The number of nitrogens with zero attached hydrogens (tertiary/aromatic N) is 1. The van der Waals surface area contributed by atoms with Crippen LogP contribution in [0.15, 0.2) is 35.7 Å². The first kappa shape index (κ1) is 8.90. The van der Waals surface area contributed by atoms with E-state index in [4.69, 9.17) is 5.73 Å². The fourth-order valence-corrected chi connectivity index (χ4v) is 1.91. The van der Waals surface area contributed by atoms with Gasteiger partial charge in [0.2, 0.25) is 0 Å². The van der Waals surface area contributed by atoms with Gasteiger partial charge in [0.15, 0.2) is 0 Å². The third-order valence-electron chi connectivity index (χ3n) is 1.88. The van der Waals surface area contributed by atoms with Crippen molar-refractivity contribution in [1.82, 2.24) is 4.37 Å². The summed E-state index contributed by atoms with van der Waals surface area (Å²) >= 11 is 1.24. The van der Waals surface area contributed by atoms with E-state index in [-0.39, 0.29) is 0 Å². The Morgan fingerprint density at radius 2 is 2.00 bits per heavy atom. The van der Waals surface area contributed by atoms with E-state index in [1.165, 1.54) is 11.5 Å². The first-order valence-electron chi connectivity index (χ1n) is 4.08. The first-order valence-corrected chi connectivity index (χ1v) is 4.92. The Labute approximate surface area is 85.4 Å². The molecule has 2 N–H and O–H groups in total. The lowest BCUT2D eigenvalue weighted by Gasteiger charge is -1.97. The number of benzene rings is 1. The van der Waals surface area contributed by atoms with Crippen molar-refractivity contribution in [3.63, 3.8) is 0 Å². The number of rotatable bonds is 2.